The molecule has 3 aliphatic rings. The maximum atomic E-state index is 10.1. The first-order valence-electron chi connectivity index (χ1n) is 8.90. The van der Waals surface area contributed by atoms with E-state index in [1.807, 2.05) is 24.3 Å². The van der Waals surface area contributed by atoms with Crippen molar-refractivity contribution in [2.45, 2.75) is 30.8 Å². The molecule has 2 heterocycles. The summed E-state index contributed by atoms with van der Waals surface area (Å²) in [6, 6.07) is 14.8. The third kappa shape index (κ3) is 2.29. The molecular weight excluding hydrogens is 402 g/mol. The van der Waals surface area contributed by atoms with Gasteiger partial charge in [0.05, 0.1) is 23.4 Å². The van der Waals surface area contributed by atoms with E-state index in [0.717, 1.165) is 28.5 Å². The molecule has 0 aromatic heterocycles. The van der Waals surface area contributed by atoms with Crippen LogP contribution < -0.4 is 5.73 Å². The Balaban J connectivity index is 2.04. The van der Waals surface area contributed by atoms with E-state index < -0.39 is 11.3 Å². The molecule has 4 rings (SSSR count). The zero-order valence-electron chi connectivity index (χ0n) is 14.9. The van der Waals surface area contributed by atoms with Crippen molar-refractivity contribution in [2.75, 3.05) is 7.05 Å². The zero-order chi connectivity index (χ0) is 19.3. The van der Waals surface area contributed by atoms with Crippen molar-refractivity contribution in [3.05, 3.63) is 57.2 Å². The Morgan fingerprint density at radius 3 is 2.41 bits per heavy atom. The predicted octanol–water partition coefficient (Wildman–Crippen LogP) is 3.34. The second-order valence-electron chi connectivity index (χ2n) is 7.49. The molecule has 2 aliphatic heterocycles. The maximum Gasteiger partial charge on any atom is 0.191 e. The van der Waals surface area contributed by atoms with Gasteiger partial charge in [0.2, 0.25) is 0 Å². The minimum Gasteiger partial charge on any atom is -0.399 e. The molecule has 1 aromatic rings. The van der Waals surface area contributed by atoms with Crippen molar-refractivity contribution in [1.29, 1.82) is 15.8 Å². The Labute approximate surface area is 167 Å². The van der Waals surface area contributed by atoms with Gasteiger partial charge in [-0.1, -0.05) is 34.1 Å². The summed E-state index contributed by atoms with van der Waals surface area (Å²) in [7, 11) is 2.09. The molecule has 4 unspecified atom stereocenters. The highest BCUT2D eigenvalue weighted by atomic mass is 79.9. The lowest BCUT2D eigenvalue weighted by atomic mass is 9.56. The number of allylic oxidation sites excluding steroid dienone is 2. The third-order valence-electron chi connectivity index (χ3n) is 6.45. The van der Waals surface area contributed by atoms with Crippen molar-refractivity contribution in [2.24, 2.45) is 17.1 Å². The van der Waals surface area contributed by atoms with Crippen LogP contribution in [0.3, 0.4) is 0 Å². The Morgan fingerprint density at radius 2 is 1.81 bits per heavy atom. The molecular formula is C21H18BrN5. The minimum atomic E-state index is -1.56. The molecule has 27 heavy (non-hydrogen) atoms. The van der Waals surface area contributed by atoms with E-state index >= 15 is 0 Å². The lowest BCUT2D eigenvalue weighted by molar-refractivity contribution is 0.160. The van der Waals surface area contributed by atoms with Gasteiger partial charge in [0, 0.05) is 28.4 Å². The molecule has 0 saturated carbocycles. The van der Waals surface area contributed by atoms with Crippen LogP contribution in [0.25, 0.3) is 0 Å². The monoisotopic (exact) mass is 419 g/mol. The van der Waals surface area contributed by atoms with Crippen LogP contribution in [0.15, 0.2) is 51.7 Å². The number of fused-ring (bicyclic) bond motifs is 4. The highest BCUT2D eigenvalue weighted by Gasteiger charge is 2.58. The molecule has 1 aromatic carbocycles. The number of nitriles is 3. The number of hydrogen-bond donors (Lipinski definition) is 1. The fourth-order valence-corrected chi connectivity index (χ4v) is 5.40. The zero-order valence-corrected chi connectivity index (χ0v) is 16.4. The standard InChI is InChI=1S/C21H18BrN5/c1-27-14-6-7-17(27)18-15(8-14)16(9-23)20(26)21(10-24,11-25)19(18)12-2-4-13(22)5-3-12/h2-5,8,14,17-19H,6-7,26H2,1H3. The maximum absolute atomic E-state index is 10.1. The molecule has 2 bridgehead atoms. The van der Waals surface area contributed by atoms with Crippen LogP contribution in [0.5, 0.6) is 0 Å². The average molecular weight is 420 g/mol. The second kappa shape index (κ2) is 6.24. The summed E-state index contributed by atoms with van der Waals surface area (Å²) in [6.45, 7) is 0. The summed E-state index contributed by atoms with van der Waals surface area (Å²) in [5, 5.41) is 30.0. The summed E-state index contributed by atoms with van der Waals surface area (Å²) < 4.78 is 0.931. The number of halogens is 1. The van der Waals surface area contributed by atoms with E-state index in [0.29, 0.717) is 5.57 Å². The molecule has 0 radical (unpaired) electrons. The topological polar surface area (TPSA) is 101 Å². The van der Waals surface area contributed by atoms with Crippen molar-refractivity contribution in [1.82, 2.24) is 4.90 Å². The van der Waals surface area contributed by atoms with E-state index in [1.165, 1.54) is 0 Å². The highest BCUT2D eigenvalue weighted by molar-refractivity contribution is 9.10. The van der Waals surface area contributed by atoms with Crippen molar-refractivity contribution >= 4 is 15.9 Å². The molecule has 134 valence electrons. The van der Waals surface area contributed by atoms with Crippen molar-refractivity contribution < 1.29 is 0 Å². The van der Waals surface area contributed by atoms with Gasteiger partial charge in [-0.05, 0) is 43.2 Å². The van der Waals surface area contributed by atoms with Crippen molar-refractivity contribution in [3.63, 3.8) is 0 Å². The first-order chi connectivity index (χ1) is 13.0. The van der Waals surface area contributed by atoms with Gasteiger partial charge in [0.1, 0.15) is 6.07 Å². The molecule has 4 atom stereocenters. The lowest BCUT2D eigenvalue weighted by Gasteiger charge is -2.48. The fourth-order valence-electron chi connectivity index (χ4n) is 5.13. The van der Waals surface area contributed by atoms with Crippen LogP contribution in [-0.4, -0.2) is 24.0 Å². The summed E-state index contributed by atoms with van der Waals surface area (Å²) in [5.74, 6) is -0.536. The average Bonchev–Trinajstić information content (AvgIpc) is 2.91. The third-order valence-corrected chi connectivity index (χ3v) is 6.98. The quantitative estimate of drug-likeness (QED) is 0.751. The Morgan fingerprint density at radius 1 is 1.15 bits per heavy atom. The van der Waals surface area contributed by atoms with Crippen LogP contribution in [0.4, 0.5) is 0 Å². The number of likely N-dealkylation sites (N-methyl/N-ethyl adjacent to an activating group) is 1. The first kappa shape index (κ1) is 17.8. The smallest absolute Gasteiger partial charge is 0.191 e. The molecule has 2 N–H and O–H groups in total. The number of nitrogens with two attached hydrogens (primary N) is 1. The normalized spacial score (nSPS) is 31.3. The van der Waals surface area contributed by atoms with Crippen LogP contribution >= 0.6 is 15.9 Å². The second-order valence-corrected chi connectivity index (χ2v) is 8.40. The molecule has 0 amide bonds. The molecule has 0 spiro atoms. The van der Waals surface area contributed by atoms with E-state index in [9.17, 15) is 15.8 Å². The summed E-state index contributed by atoms with van der Waals surface area (Å²) in [4.78, 5) is 2.32. The van der Waals surface area contributed by atoms with Gasteiger partial charge in [-0.15, -0.1) is 0 Å². The van der Waals surface area contributed by atoms with Crippen molar-refractivity contribution in [3.8, 4) is 18.2 Å². The number of nitrogens with zero attached hydrogens (tertiary/aromatic N) is 4. The number of rotatable bonds is 1. The Hall–Kier alpha value is -2.59. The van der Waals surface area contributed by atoms with E-state index in [1.54, 1.807) is 0 Å². The van der Waals surface area contributed by atoms with Gasteiger partial charge in [-0.25, -0.2) is 0 Å². The van der Waals surface area contributed by atoms with Gasteiger partial charge >= 0.3 is 0 Å². The van der Waals surface area contributed by atoms with Gasteiger partial charge < -0.3 is 5.73 Å². The highest BCUT2D eigenvalue weighted by Crippen LogP contribution is 2.58. The van der Waals surface area contributed by atoms with Crippen LogP contribution in [0.1, 0.15) is 24.3 Å². The predicted molar refractivity (Wildman–Crippen MR) is 104 cm³/mol. The fraction of sp³-hybridized carbons (Fsp3) is 0.381. The van der Waals surface area contributed by atoms with Crippen LogP contribution in [0.2, 0.25) is 0 Å². The van der Waals surface area contributed by atoms with E-state index in [2.05, 4.69) is 52.2 Å². The Kier molecular flexibility index (Phi) is 4.11. The van der Waals surface area contributed by atoms with E-state index in [-0.39, 0.29) is 23.7 Å². The molecule has 1 fully saturated rings. The first-order valence-corrected chi connectivity index (χ1v) is 9.70. The van der Waals surface area contributed by atoms with Gasteiger partial charge in [0.15, 0.2) is 5.41 Å². The van der Waals surface area contributed by atoms with Gasteiger partial charge in [0.25, 0.3) is 0 Å². The SMILES string of the molecule is CN1C2C=C3C(C#N)=C(N)C(C#N)(C#N)C(c4ccc(Br)cc4)C3C1CC2. The summed E-state index contributed by atoms with van der Waals surface area (Å²) >= 11 is 3.45. The summed E-state index contributed by atoms with van der Waals surface area (Å²) in [6.07, 6.45) is 4.12. The molecule has 5 nitrogen and oxygen atoms in total. The van der Waals surface area contributed by atoms with Gasteiger partial charge in [-0.3, -0.25) is 4.90 Å². The Bertz CT molecular complexity index is 971. The minimum absolute atomic E-state index is 0.0920. The molecule has 1 saturated heterocycles. The number of hydrogen-bond acceptors (Lipinski definition) is 5. The van der Waals surface area contributed by atoms with Gasteiger partial charge in [-0.2, -0.15) is 15.8 Å². The van der Waals surface area contributed by atoms with Crippen LogP contribution in [-0.2, 0) is 0 Å². The largest absolute Gasteiger partial charge is 0.399 e. The lowest BCUT2D eigenvalue weighted by Crippen LogP contribution is -2.51. The van der Waals surface area contributed by atoms with E-state index in [4.69, 9.17) is 5.73 Å². The molecule has 6 heteroatoms. The number of benzene rings is 1. The molecule has 1 aliphatic carbocycles. The summed E-state index contributed by atoms with van der Waals surface area (Å²) in [5.41, 5.74) is 7.01. The van der Waals surface area contributed by atoms with Crippen LogP contribution in [0, 0.1) is 45.3 Å².